The number of halogens is 1. The van der Waals surface area contributed by atoms with E-state index in [1.54, 1.807) is 0 Å². The highest BCUT2D eigenvalue weighted by molar-refractivity contribution is 9.10. The Balaban J connectivity index is 1.88. The van der Waals surface area contributed by atoms with Gasteiger partial charge in [0.2, 0.25) is 10.0 Å². The van der Waals surface area contributed by atoms with E-state index in [2.05, 4.69) is 15.9 Å². The average molecular weight is 390 g/mol. The van der Waals surface area contributed by atoms with Gasteiger partial charge in [-0.15, -0.1) is 0 Å². The second kappa shape index (κ2) is 5.55. The molecule has 22 heavy (non-hydrogen) atoms. The van der Waals surface area contributed by atoms with Crippen LogP contribution in [0, 0.1) is 22.0 Å². The van der Waals surface area contributed by atoms with Crippen LogP contribution in [-0.4, -0.2) is 36.8 Å². The van der Waals surface area contributed by atoms with Crippen LogP contribution in [0.5, 0.6) is 0 Å². The molecule has 2 N–H and O–H groups in total. The zero-order chi connectivity index (χ0) is 16.1. The summed E-state index contributed by atoms with van der Waals surface area (Å²) >= 11 is 3.06. The van der Waals surface area contributed by atoms with Crippen molar-refractivity contribution in [3.63, 3.8) is 0 Å². The number of nitrogens with zero attached hydrogens (tertiary/aromatic N) is 2. The van der Waals surface area contributed by atoms with Gasteiger partial charge in [-0.05, 0) is 52.7 Å². The molecule has 1 heterocycles. The highest BCUT2D eigenvalue weighted by atomic mass is 79.9. The first-order chi connectivity index (χ1) is 10.3. The van der Waals surface area contributed by atoms with Crippen LogP contribution in [0.2, 0.25) is 0 Å². The van der Waals surface area contributed by atoms with Crippen LogP contribution in [0.3, 0.4) is 0 Å². The maximum atomic E-state index is 12.7. The third-order valence-electron chi connectivity index (χ3n) is 4.63. The Kier molecular flexibility index (Phi) is 4.00. The molecule has 1 aromatic rings. The Morgan fingerprint density at radius 2 is 2.05 bits per heavy atom. The molecule has 1 aliphatic heterocycles. The number of hydrogen-bond donors (Lipinski definition) is 1. The van der Waals surface area contributed by atoms with E-state index in [4.69, 9.17) is 5.73 Å². The lowest BCUT2D eigenvalue weighted by molar-refractivity contribution is -0.385. The van der Waals surface area contributed by atoms with Gasteiger partial charge in [0.05, 0.1) is 14.3 Å². The van der Waals surface area contributed by atoms with Gasteiger partial charge < -0.3 is 5.73 Å². The lowest BCUT2D eigenvalue weighted by atomic mass is 9.98. The summed E-state index contributed by atoms with van der Waals surface area (Å²) in [7, 11) is -3.64. The molecule has 2 aliphatic rings. The van der Waals surface area contributed by atoms with Crippen molar-refractivity contribution in [3.05, 3.63) is 32.8 Å². The molecule has 3 unspecified atom stereocenters. The van der Waals surface area contributed by atoms with Gasteiger partial charge in [0.1, 0.15) is 0 Å². The average Bonchev–Trinajstić information content (AvgIpc) is 3.01. The third-order valence-corrected chi connectivity index (χ3v) is 7.10. The van der Waals surface area contributed by atoms with E-state index in [-0.39, 0.29) is 27.0 Å². The quantitative estimate of drug-likeness (QED) is 0.625. The van der Waals surface area contributed by atoms with Gasteiger partial charge in [-0.1, -0.05) is 0 Å². The Labute approximate surface area is 136 Å². The molecule has 3 atom stereocenters. The molecular weight excluding hydrogens is 374 g/mol. The molecular formula is C13H16BrN3O4S. The second-order valence-corrected chi connectivity index (χ2v) is 8.65. The van der Waals surface area contributed by atoms with Crippen molar-refractivity contribution >= 4 is 31.6 Å². The van der Waals surface area contributed by atoms with Gasteiger partial charge in [0.25, 0.3) is 5.69 Å². The number of sulfonamides is 1. The van der Waals surface area contributed by atoms with Crippen molar-refractivity contribution in [1.29, 1.82) is 0 Å². The second-order valence-electron chi connectivity index (χ2n) is 5.86. The fraction of sp³-hybridized carbons (Fsp3) is 0.538. The lowest BCUT2D eigenvalue weighted by Gasteiger charge is -2.18. The first-order valence-electron chi connectivity index (χ1n) is 7.00. The van der Waals surface area contributed by atoms with Crippen LogP contribution in [0.1, 0.15) is 12.8 Å². The fourth-order valence-electron chi connectivity index (χ4n) is 3.41. The number of hydrogen-bond acceptors (Lipinski definition) is 5. The number of nitro benzene ring substituents is 1. The molecule has 9 heteroatoms. The topological polar surface area (TPSA) is 107 Å². The summed E-state index contributed by atoms with van der Waals surface area (Å²) < 4.78 is 27.0. The smallest absolute Gasteiger partial charge is 0.283 e. The third kappa shape index (κ3) is 2.55. The van der Waals surface area contributed by atoms with Crippen molar-refractivity contribution in [1.82, 2.24) is 4.31 Å². The van der Waals surface area contributed by atoms with Crippen LogP contribution < -0.4 is 5.73 Å². The van der Waals surface area contributed by atoms with E-state index in [1.165, 1.54) is 22.5 Å². The van der Waals surface area contributed by atoms with Crippen molar-refractivity contribution in [2.24, 2.45) is 17.6 Å². The Morgan fingerprint density at radius 3 is 2.64 bits per heavy atom. The van der Waals surface area contributed by atoms with Crippen LogP contribution in [0.15, 0.2) is 27.6 Å². The summed E-state index contributed by atoms with van der Waals surface area (Å²) in [5.41, 5.74) is 5.88. The normalized spacial score (nSPS) is 28.7. The highest BCUT2D eigenvalue weighted by Crippen LogP contribution is 2.39. The molecule has 2 fully saturated rings. The minimum atomic E-state index is -3.64. The lowest BCUT2D eigenvalue weighted by Crippen LogP contribution is -2.33. The summed E-state index contributed by atoms with van der Waals surface area (Å²) in [5.74, 6) is 0.544. The van der Waals surface area contributed by atoms with Crippen LogP contribution in [-0.2, 0) is 10.0 Å². The maximum absolute atomic E-state index is 12.7. The molecule has 1 aromatic carbocycles. The molecule has 0 radical (unpaired) electrons. The van der Waals surface area contributed by atoms with Crippen LogP contribution >= 0.6 is 15.9 Å². The highest BCUT2D eigenvalue weighted by Gasteiger charge is 2.45. The van der Waals surface area contributed by atoms with Gasteiger partial charge in [0.15, 0.2) is 0 Å². The molecule has 3 rings (SSSR count). The Hall–Kier alpha value is -1.03. The van der Waals surface area contributed by atoms with Gasteiger partial charge in [0, 0.05) is 25.2 Å². The van der Waals surface area contributed by atoms with E-state index in [9.17, 15) is 18.5 Å². The molecule has 120 valence electrons. The van der Waals surface area contributed by atoms with Crippen LogP contribution in [0.25, 0.3) is 0 Å². The summed E-state index contributed by atoms with van der Waals surface area (Å²) in [6.45, 7) is 0.915. The summed E-state index contributed by atoms with van der Waals surface area (Å²) in [6.07, 6.45) is 1.91. The monoisotopic (exact) mass is 389 g/mol. The fourth-order valence-corrected chi connectivity index (χ4v) is 5.64. The molecule has 7 nitrogen and oxygen atoms in total. The zero-order valence-electron chi connectivity index (χ0n) is 11.7. The number of fused-ring (bicyclic) bond motifs is 1. The van der Waals surface area contributed by atoms with E-state index in [1.807, 2.05) is 0 Å². The van der Waals surface area contributed by atoms with Crippen molar-refractivity contribution in [2.75, 3.05) is 13.1 Å². The largest absolute Gasteiger partial charge is 0.327 e. The molecule has 1 aliphatic carbocycles. The number of benzene rings is 1. The van der Waals surface area contributed by atoms with E-state index in [0.717, 1.165) is 12.8 Å². The molecule has 0 spiro atoms. The molecule has 0 aromatic heterocycles. The predicted octanol–water partition coefficient (Wildman–Crippen LogP) is 1.72. The first kappa shape index (κ1) is 15.9. The SMILES string of the molecule is NC1CCC2CN(S(=O)(=O)c3ccc([N+](=O)[O-])c(Br)c3)CC12. The molecule has 1 saturated heterocycles. The standard InChI is InChI=1S/C13H16BrN3O4S/c14-11-5-9(2-4-13(11)17(18)19)22(20,21)16-6-8-1-3-12(15)10(8)7-16/h2,4-5,8,10,12H,1,3,6-7,15H2. The summed E-state index contributed by atoms with van der Waals surface area (Å²) in [5, 5.41) is 10.8. The maximum Gasteiger partial charge on any atom is 0.283 e. The van der Waals surface area contributed by atoms with Crippen molar-refractivity contribution in [3.8, 4) is 0 Å². The summed E-state index contributed by atoms with van der Waals surface area (Å²) in [6, 6.07) is 3.85. The Bertz CT molecular complexity index is 724. The summed E-state index contributed by atoms with van der Waals surface area (Å²) in [4.78, 5) is 10.3. The first-order valence-corrected chi connectivity index (χ1v) is 9.23. The Morgan fingerprint density at radius 1 is 1.32 bits per heavy atom. The molecule has 0 amide bonds. The van der Waals surface area contributed by atoms with E-state index >= 15 is 0 Å². The molecule has 1 saturated carbocycles. The minimum absolute atomic E-state index is 0.0637. The van der Waals surface area contributed by atoms with E-state index in [0.29, 0.717) is 19.0 Å². The number of nitro groups is 1. The molecule has 0 bridgehead atoms. The zero-order valence-corrected chi connectivity index (χ0v) is 14.1. The van der Waals surface area contributed by atoms with Crippen LogP contribution in [0.4, 0.5) is 5.69 Å². The van der Waals surface area contributed by atoms with Gasteiger partial charge in [-0.3, -0.25) is 10.1 Å². The van der Waals surface area contributed by atoms with Gasteiger partial charge >= 0.3 is 0 Å². The van der Waals surface area contributed by atoms with E-state index < -0.39 is 14.9 Å². The van der Waals surface area contributed by atoms with Crippen molar-refractivity contribution < 1.29 is 13.3 Å². The minimum Gasteiger partial charge on any atom is -0.327 e. The van der Waals surface area contributed by atoms with Crippen molar-refractivity contribution in [2.45, 2.75) is 23.8 Å². The number of rotatable bonds is 3. The number of nitrogens with two attached hydrogens (primary N) is 1. The predicted molar refractivity (Wildman–Crippen MR) is 83.7 cm³/mol. The van der Waals surface area contributed by atoms with Gasteiger partial charge in [-0.2, -0.15) is 4.31 Å². The van der Waals surface area contributed by atoms with Gasteiger partial charge in [-0.25, -0.2) is 8.42 Å².